The zero-order valence-corrected chi connectivity index (χ0v) is 18.9. The largest absolute Gasteiger partial charge is 0.398 e. The molecule has 0 radical (unpaired) electrons. The van der Waals surface area contributed by atoms with Crippen LogP contribution in [0.1, 0.15) is 42.9 Å². The standard InChI is InChI=1S/C26H31ClFN3/c1-3-4-20-13-21(26(29)14-25(20)27)8-5-18(2)31-23-11-12-24(31)17-30(16-23)15-19-6-9-22(28)10-7-19/h5-10,13-14,23-24H,2-4,11-12,15-17,29H2,1H3/b8-5+. The third-order valence-corrected chi connectivity index (χ3v) is 6.79. The topological polar surface area (TPSA) is 32.5 Å². The lowest BCUT2D eigenvalue weighted by molar-refractivity contribution is 0.0929. The van der Waals surface area contributed by atoms with Crippen LogP contribution in [0.2, 0.25) is 5.02 Å². The van der Waals surface area contributed by atoms with Gasteiger partial charge in [0.15, 0.2) is 0 Å². The normalized spacial score (nSPS) is 21.2. The number of fused-ring (bicyclic) bond motifs is 2. The maximum absolute atomic E-state index is 13.2. The quantitative estimate of drug-likeness (QED) is 0.431. The van der Waals surface area contributed by atoms with Crippen LogP contribution < -0.4 is 5.73 Å². The molecule has 2 aromatic carbocycles. The van der Waals surface area contributed by atoms with Crippen LogP contribution in [0.25, 0.3) is 6.08 Å². The predicted molar refractivity (Wildman–Crippen MR) is 128 cm³/mol. The van der Waals surface area contributed by atoms with E-state index in [0.717, 1.165) is 59.9 Å². The molecule has 2 unspecified atom stereocenters. The lowest BCUT2D eigenvalue weighted by atomic mass is 10.0. The Bertz CT molecular complexity index is 955. The maximum Gasteiger partial charge on any atom is 0.123 e. The van der Waals surface area contributed by atoms with Gasteiger partial charge in [0.05, 0.1) is 0 Å². The highest BCUT2D eigenvalue weighted by atomic mass is 35.5. The molecule has 0 aromatic heterocycles. The number of hydrogen-bond donors (Lipinski definition) is 1. The molecule has 0 amide bonds. The molecule has 2 aliphatic rings. The van der Waals surface area contributed by atoms with E-state index in [-0.39, 0.29) is 5.82 Å². The molecular formula is C26H31ClFN3. The number of rotatable bonds is 7. The van der Waals surface area contributed by atoms with Gasteiger partial charge in [-0.3, -0.25) is 4.90 Å². The van der Waals surface area contributed by atoms with Gasteiger partial charge in [0.2, 0.25) is 0 Å². The van der Waals surface area contributed by atoms with Gasteiger partial charge in [-0.15, -0.1) is 0 Å². The molecule has 2 fully saturated rings. The number of allylic oxidation sites excluding steroid dienone is 1. The highest BCUT2D eigenvalue weighted by molar-refractivity contribution is 6.31. The highest BCUT2D eigenvalue weighted by Crippen LogP contribution is 2.34. The van der Waals surface area contributed by atoms with Crippen LogP contribution in [-0.2, 0) is 13.0 Å². The highest BCUT2D eigenvalue weighted by Gasteiger charge is 2.39. The zero-order chi connectivity index (χ0) is 22.0. The molecule has 0 spiro atoms. The van der Waals surface area contributed by atoms with Crippen molar-refractivity contribution in [3.05, 3.63) is 82.3 Å². The minimum Gasteiger partial charge on any atom is -0.398 e. The summed E-state index contributed by atoms with van der Waals surface area (Å²) in [4.78, 5) is 4.97. The van der Waals surface area contributed by atoms with E-state index in [1.807, 2.05) is 18.2 Å². The second-order valence-corrected chi connectivity index (χ2v) is 9.17. The second-order valence-electron chi connectivity index (χ2n) is 8.76. The van der Waals surface area contributed by atoms with E-state index in [0.29, 0.717) is 17.8 Å². The molecule has 2 N–H and O–H groups in total. The van der Waals surface area contributed by atoms with Gasteiger partial charge in [0.25, 0.3) is 0 Å². The summed E-state index contributed by atoms with van der Waals surface area (Å²) in [5, 5.41) is 0.741. The fourth-order valence-corrected chi connectivity index (χ4v) is 5.23. The smallest absolute Gasteiger partial charge is 0.123 e. The summed E-state index contributed by atoms with van der Waals surface area (Å²) in [6.07, 6.45) is 8.52. The summed E-state index contributed by atoms with van der Waals surface area (Å²) in [7, 11) is 0. The number of halogens is 2. The monoisotopic (exact) mass is 439 g/mol. The molecule has 31 heavy (non-hydrogen) atoms. The Labute approximate surface area is 190 Å². The van der Waals surface area contributed by atoms with Crippen LogP contribution in [-0.4, -0.2) is 35.0 Å². The Hall–Kier alpha value is -2.30. The fraction of sp³-hybridized carbons (Fsp3) is 0.385. The molecule has 3 nitrogen and oxygen atoms in total. The van der Waals surface area contributed by atoms with Crippen molar-refractivity contribution in [2.24, 2.45) is 0 Å². The lowest BCUT2D eigenvalue weighted by Crippen LogP contribution is -2.52. The minimum absolute atomic E-state index is 0.181. The molecular weight excluding hydrogens is 409 g/mol. The van der Waals surface area contributed by atoms with Crippen molar-refractivity contribution < 1.29 is 4.39 Å². The summed E-state index contributed by atoms with van der Waals surface area (Å²) in [6, 6.07) is 11.7. The van der Waals surface area contributed by atoms with E-state index in [2.05, 4.69) is 41.5 Å². The molecule has 2 aromatic rings. The van der Waals surface area contributed by atoms with Crippen LogP contribution in [0.5, 0.6) is 0 Å². The summed E-state index contributed by atoms with van der Waals surface area (Å²) in [5.41, 5.74) is 11.2. The summed E-state index contributed by atoms with van der Waals surface area (Å²) in [5.74, 6) is -0.181. The molecule has 2 atom stereocenters. The van der Waals surface area contributed by atoms with Crippen molar-refractivity contribution in [1.82, 2.24) is 9.80 Å². The van der Waals surface area contributed by atoms with E-state index in [4.69, 9.17) is 17.3 Å². The van der Waals surface area contributed by atoms with E-state index in [1.165, 1.54) is 12.8 Å². The maximum atomic E-state index is 13.2. The summed E-state index contributed by atoms with van der Waals surface area (Å²) >= 11 is 6.34. The van der Waals surface area contributed by atoms with Crippen LogP contribution in [0.3, 0.4) is 0 Å². The first kappa shape index (κ1) is 21.9. The average Bonchev–Trinajstić information content (AvgIpc) is 3.01. The molecule has 2 aliphatic heterocycles. The first-order valence-electron chi connectivity index (χ1n) is 11.1. The SMILES string of the molecule is C=C(/C=C/c1cc(CCC)c(Cl)cc1N)N1C2CCC1CN(Cc1ccc(F)cc1)C2. The molecule has 0 saturated carbocycles. The van der Waals surface area contributed by atoms with Gasteiger partial charge in [-0.1, -0.05) is 49.7 Å². The Morgan fingerprint density at radius 2 is 1.87 bits per heavy atom. The number of nitrogens with zero attached hydrogens (tertiary/aromatic N) is 2. The molecule has 2 saturated heterocycles. The van der Waals surface area contributed by atoms with Crippen molar-refractivity contribution in [3.63, 3.8) is 0 Å². The fourth-order valence-electron chi connectivity index (χ4n) is 4.97. The number of nitrogens with two attached hydrogens (primary N) is 1. The zero-order valence-electron chi connectivity index (χ0n) is 18.2. The molecule has 4 rings (SSSR count). The molecule has 2 bridgehead atoms. The van der Waals surface area contributed by atoms with E-state index in [1.54, 1.807) is 12.1 Å². The first-order valence-corrected chi connectivity index (χ1v) is 11.5. The van der Waals surface area contributed by atoms with Crippen molar-refractivity contribution >= 4 is 23.4 Å². The van der Waals surface area contributed by atoms with Crippen molar-refractivity contribution in [2.75, 3.05) is 18.8 Å². The number of likely N-dealkylation sites (tertiary alicyclic amines) is 1. The van der Waals surface area contributed by atoms with Gasteiger partial charge in [-0.2, -0.15) is 0 Å². The molecule has 164 valence electrons. The number of aryl methyl sites for hydroxylation is 1. The lowest BCUT2D eigenvalue weighted by Gasteiger charge is -2.42. The first-order chi connectivity index (χ1) is 14.9. The number of piperazine rings is 1. The van der Waals surface area contributed by atoms with Crippen LogP contribution >= 0.6 is 11.6 Å². The van der Waals surface area contributed by atoms with E-state index < -0.39 is 0 Å². The molecule has 5 heteroatoms. The van der Waals surface area contributed by atoms with E-state index >= 15 is 0 Å². The summed E-state index contributed by atoms with van der Waals surface area (Å²) < 4.78 is 13.2. The second kappa shape index (κ2) is 9.46. The number of nitrogen functional groups attached to an aromatic ring is 1. The van der Waals surface area contributed by atoms with Crippen molar-refractivity contribution in [1.29, 1.82) is 0 Å². The van der Waals surface area contributed by atoms with Crippen molar-refractivity contribution in [3.8, 4) is 0 Å². The predicted octanol–water partition coefficient (Wildman–Crippen LogP) is 5.89. The Morgan fingerprint density at radius 1 is 1.19 bits per heavy atom. The van der Waals surface area contributed by atoms with E-state index in [9.17, 15) is 4.39 Å². The van der Waals surface area contributed by atoms with Gasteiger partial charge < -0.3 is 10.6 Å². The number of anilines is 1. The third kappa shape index (κ3) is 4.97. The third-order valence-electron chi connectivity index (χ3n) is 6.44. The Balaban J connectivity index is 1.42. The minimum atomic E-state index is -0.181. The number of hydrogen-bond acceptors (Lipinski definition) is 3. The summed E-state index contributed by atoms with van der Waals surface area (Å²) in [6.45, 7) is 9.39. The number of benzene rings is 2. The van der Waals surface area contributed by atoms with Crippen molar-refractivity contribution in [2.45, 2.75) is 51.2 Å². The van der Waals surface area contributed by atoms with Gasteiger partial charge in [0, 0.05) is 48.1 Å². The van der Waals surface area contributed by atoms with Crippen LogP contribution in [0, 0.1) is 5.82 Å². The van der Waals surface area contributed by atoms with Crippen LogP contribution in [0.15, 0.2) is 54.8 Å². The molecule has 0 aliphatic carbocycles. The molecule has 2 heterocycles. The average molecular weight is 440 g/mol. The van der Waals surface area contributed by atoms with Gasteiger partial charge >= 0.3 is 0 Å². The van der Waals surface area contributed by atoms with Gasteiger partial charge in [0.1, 0.15) is 5.82 Å². The Kier molecular flexibility index (Phi) is 6.68. The van der Waals surface area contributed by atoms with Crippen LogP contribution in [0.4, 0.5) is 10.1 Å². The van der Waals surface area contributed by atoms with Gasteiger partial charge in [-0.05, 0) is 66.3 Å². The van der Waals surface area contributed by atoms with Gasteiger partial charge in [-0.25, -0.2) is 4.39 Å². The Morgan fingerprint density at radius 3 is 2.52 bits per heavy atom.